The van der Waals surface area contributed by atoms with Gasteiger partial charge in [0.1, 0.15) is 24.4 Å². The van der Waals surface area contributed by atoms with Crippen molar-refractivity contribution in [1.29, 1.82) is 0 Å². The number of imidazole rings is 1. The summed E-state index contributed by atoms with van der Waals surface area (Å²) in [4.78, 5) is 23.6. The van der Waals surface area contributed by atoms with Crippen molar-refractivity contribution in [3.8, 4) is 0 Å². The summed E-state index contributed by atoms with van der Waals surface area (Å²) < 4.78 is 0. The molecule has 3 rings (SSSR count). The Morgan fingerprint density at radius 1 is 1.03 bits per heavy atom. The third kappa shape index (κ3) is 4.73. The second-order valence-electron chi connectivity index (χ2n) is 6.49. The number of benzene rings is 2. The molecule has 9 heteroatoms. The smallest absolute Gasteiger partial charge is 0.227 e. The predicted octanol–water partition coefficient (Wildman–Crippen LogP) is -0.0679. The maximum Gasteiger partial charge on any atom is 0.227 e. The van der Waals surface area contributed by atoms with Crippen molar-refractivity contribution in [2.45, 2.75) is 24.4 Å². The molecule has 152 valence electrons. The fourth-order valence-electron chi connectivity index (χ4n) is 2.73. The molecule has 0 saturated heterocycles. The average Bonchev–Trinajstić information content (AvgIpc) is 3.18. The van der Waals surface area contributed by atoms with Gasteiger partial charge >= 0.3 is 0 Å². The monoisotopic (exact) mass is 399 g/mol. The summed E-state index contributed by atoms with van der Waals surface area (Å²) >= 11 is 0. The summed E-state index contributed by atoms with van der Waals surface area (Å²) in [5, 5.41) is 47.4. The number of aliphatic imine (C=N–C) groups is 1. The number of aromatic amines is 1. The first-order valence-electron chi connectivity index (χ1n) is 8.87. The summed E-state index contributed by atoms with van der Waals surface area (Å²) in [6, 6.07) is 13.8. The maximum absolute atomic E-state index is 12.5. The number of aromatic nitrogens is 2. The minimum Gasteiger partial charge on any atom is -0.394 e. The third-order valence-electron chi connectivity index (χ3n) is 4.40. The third-order valence-corrected chi connectivity index (χ3v) is 4.40. The van der Waals surface area contributed by atoms with Gasteiger partial charge in [0.2, 0.25) is 5.95 Å². The van der Waals surface area contributed by atoms with Crippen molar-refractivity contribution in [2.75, 3.05) is 6.61 Å². The fourth-order valence-corrected chi connectivity index (χ4v) is 2.73. The van der Waals surface area contributed by atoms with Gasteiger partial charge in [-0.05, 0) is 18.2 Å². The molecular weight excluding hydrogens is 378 g/mol. The van der Waals surface area contributed by atoms with Crippen LogP contribution in [0.2, 0.25) is 0 Å². The molecule has 0 aliphatic heterocycles. The second-order valence-corrected chi connectivity index (χ2v) is 6.49. The van der Waals surface area contributed by atoms with Crippen molar-refractivity contribution in [1.82, 2.24) is 9.97 Å². The van der Waals surface area contributed by atoms with Crippen LogP contribution in [0.4, 0.5) is 5.95 Å². The topological polar surface area (TPSA) is 159 Å². The molecule has 1 aromatic heterocycles. The van der Waals surface area contributed by atoms with Crippen LogP contribution in [0, 0.1) is 0 Å². The van der Waals surface area contributed by atoms with Gasteiger partial charge in [-0.25, -0.2) is 9.98 Å². The van der Waals surface area contributed by atoms with E-state index in [9.17, 15) is 25.2 Å². The Labute approximate surface area is 165 Å². The molecule has 0 saturated carbocycles. The van der Waals surface area contributed by atoms with Crippen LogP contribution in [0.5, 0.6) is 0 Å². The van der Waals surface area contributed by atoms with Crippen molar-refractivity contribution in [3.63, 3.8) is 0 Å². The van der Waals surface area contributed by atoms with Gasteiger partial charge in [-0.3, -0.25) is 4.79 Å². The summed E-state index contributed by atoms with van der Waals surface area (Å²) in [6.45, 7) is -0.768. The highest BCUT2D eigenvalue weighted by Gasteiger charge is 2.29. The summed E-state index contributed by atoms with van der Waals surface area (Å²) in [7, 11) is 0. The van der Waals surface area contributed by atoms with Crippen LogP contribution in [0.25, 0.3) is 11.0 Å². The zero-order valence-electron chi connectivity index (χ0n) is 15.3. The van der Waals surface area contributed by atoms with Gasteiger partial charge in [-0.15, -0.1) is 0 Å². The van der Waals surface area contributed by atoms with Crippen LogP contribution in [-0.4, -0.2) is 78.5 Å². The van der Waals surface area contributed by atoms with E-state index in [0.29, 0.717) is 22.2 Å². The molecular formula is C20H21N3O6. The van der Waals surface area contributed by atoms with E-state index in [1.54, 1.807) is 42.5 Å². The van der Waals surface area contributed by atoms with E-state index < -0.39 is 31.0 Å². The lowest BCUT2D eigenvalue weighted by molar-refractivity contribution is -0.0999. The van der Waals surface area contributed by atoms with Gasteiger partial charge < -0.3 is 30.5 Å². The van der Waals surface area contributed by atoms with E-state index in [2.05, 4.69) is 15.0 Å². The lowest BCUT2D eigenvalue weighted by atomic mass is 10.0. The van der Waals surface area contributed by atoms with Crippen molar-refractivity contribution in [3.05, 3.63) is 59.7 Å². The van der Waals surface area contributed by atoms with Crippen LogP contribution in [0.15, 0.2) is 53.5 Å². The number of nitrogens with zero attached hydrogens (tertiary/aromatic N) is 2. The van der Waals surface area contributed by atoms with Crippen LogP contribution in [-0.2, 0) is 0 Å². The van der Waals surface area contributed by atoms with E-state index in [4.69, 9.17) is 5.11 Å². The van der Waals surface area contributed by atoms with Crippen molar-refractivity contribution < 1.29 is 30.3 Å². The molecule has 9 nitrogen and oxygen atoms in total. The molecule has 6 N–H and O–H groups in total. The Bertz CT molecular complexity index is 1000. The molecule has 4 unspecified atom stereocenters. The number of ketones is 1. The number of hydrogen-bond donors (Lipinski definition) is 6. The SMILES string of the molecule is O=C(c1ccccc1)c1ccc2nc(N=CC(O)C(O)C(O)C(O)CO)[nH]c2c1. The zero-order chi connectivity index (χ0) is 21.0. The van der Waals surface area contributed by atoms with Gasteiger partial charge in [0, 0.05) is 17.3 Å². The minimum atomic E-state index is -1.75. The molecule has 29 heavy (non-hydrogen) atoms. The van der Waals surface area contributed by atoms with E-state index >= 15 is 0 Å². The molecule has 0 amide bonds. The van der Waals surface area contributed by atoms with Crippen molar-refractivity contribution in [2.24, 2.45) is 4.99 Å². The van der Waals surface area contributed by atoms with Crippen LogP contribution >= 0.6 is 0 Å². The fraction of sp³-hybridized carbons (Fsp3) is 0.250. The Balaban J connectivity index is 1.76. The summed E-state index contributed by atoms with van der Waals surface area (Å²) in [6.07, 6.45) is -5.75. The van der Waals surface area contributed by atoms with E-state index in [1.807, 2.05) is 6.07 Å². The summed E-state index contributed by atoms with van der Waals surface area (Å²) in [5.41, 5.74) is 2.14. The Hall–Kier alpha value is -2.95. The molecule has 0 spiro atoms. The predicted molar refractivity (Wildman–Crippen MR) is 105 cm³/mol. The van der Waals surface area contributed by atoms with Crippen LogP contribution in [0.3, 0.4) is 0 Å². The van der Waals surface area contributed by atoms with Gasteiger partial charge in [0.05, 0.1) is 17.6 Å². The number of fused-ring (bicyclic) bond motifs is 1. The largest absolute Gasteiger partial charge is 0.394 e. The van der Waals surface area contributed by atoms with Crippen molar-refractivity contribution >= 4 is 29.0 Å². The highest BCUT2D eigenvalue weighted by atomic mass is 16.4. The first-order chi connectivity index (χ1) is 13.9. The first kappa shape index (κ1) is 20.8. The van der Waals surface area contributed by atoms with Crippen LogP contribution in [0.1, 0.15) is 15.9 Å². The van der Waals surface area contributed by atoms with Gasteiger partial charge in [-0.2, -0.15) is 0 Å². The van der Waals surface area contributed by atoms with Crippen LogP contribution < -0.4 is 0 Å². The number of hydrogen-bond acceptors (Lipinski definition) is 8. The van der Waals surface area contributed by atoms with E-state index in [1.165, 1.54) is 0 Å². The Morgan fingerprint density at radius 2 is 1.76 bits per heavy atom. The standard InChI is InChI=1S/C20H21N3O6/c24-10-16(26)19(29)18(28)15(25)9-21-20-22-13-7-6-12(8-14(13)23-20)17(27)11-4-2-1-3-5-11/h1-9,15-16,18-19,24-26,28-29H,10H2,(H,22,23). The molecule has 0 bridgehead atoms. The molecule has 4 atom stereocenters. The normalized spacial score (nSPS) is 16.0. The average molecular weight is 399 g/mol. The molecule has 0 radical (unpaired) electrons. The maximum atomic E-state index is 12.5. The number of nitrogens with one attached hydrogen (secondary N) is 1. The molecule has 1 heterocycles. The minimum absolute atomic E-state index is 0.118. The molecule has 3 aromatic rings. The highest BCUT2D eigenvalue weighted by Crippen LogP contribution is 2.20. The molecule has 0 fully saturated rings. The lowest BCUT2D eigenvalue weighted by Crippen LogP contribution is -2.46. The Morgan fingerprint density at radius 3 is 2.45 bits per heavy atom. The van der Waals surface area contributed by atoms with Gasteiger partial charge in [-0.1, -0.05) is 30.3 Å². The molecule has 0 aliphatic rings. The van der Waals surface area contributed by atoms with E-state index in [0.717, 1.165) is 6.21 Å². The second kappa shape index (κ2) is 9.03. The highest BCUT2D eigenvalue weighted by molar-refractivity contribution is 6.10. The number of aliphatic hydroxyl groups excluding tert-OH is 5. The number of aliphatic hydroxyl groups is 5. The van der Waals surface area contributed by atoms with Gasteiger partial charge in [0.25, 0.3) is 0 Å². The zero-order valence-corrected chi connectivity index (χ0v) is 15.3. The number of H-pyrrole nitrogens is 1. The van der Waals surface area contributed by atoms with E-state index in [-0.39, 0.29) is 11.7 Å². The summed E-state index contributed by atoms with van der Waals surface area (Å²) in [5.74, 6) is -0.0186. The quantitative estimate of drug-likeness (QED) is 0.228. The molecule has 2 aromatic carbocycles. The van der Waals surface area contributed by atoms with Gasteiger partial charge in [0.15, 0.2) is 5.78 Å². The first-order valence-corrected chi connectivity index (χ1v) is 8.87. The lowest BCUT2D eigenvalue weighted by Gasteiger charge is -2.23. The number of carbonyl (C=O) groups excluding carboxylic acids is 1. The number of carbonyl (C=O) groups is 1. The number of rotatable bonds is 8. The molecule has 0 aliphatic carbocycles. The Kier molecular flexibility index (Phi) is 6.47.